The molecule has 2 rings (SSSR count). The van der Waals surface area contributed by atoms with Gasteiger partial charge in [-0.2, -0.15) is 0 Å². The van der Waals surface area contributed by atoms with Crippen molar-refractivity contribution in [3.8, 4) is 0 Å². The van der Waals surface area contributed by atoms with E-state index >= 15 is 0 Å². The number of thioether (sulfide) groups is 1. The van der Waals surface area contributed by atoms with E-state index in [9.17, 15) is 14.4 Å². The third-order valence-electron chi connectivity index (χ3n) is 3.65. The number of carbonyl (C=O) groups excluding carboxylic acids is 2. The smallest absolute Gasteiger partial charge is 0.319 e. The Bertz CT molecular complexity index is 880. The molecule has 0 fully saturated rings. The Balaban J connectivity index is 2.18. The third kappa shape index (κ3) is 5.33. The van der Waals surface area contributed by atoms with Crippen LogP contribution < -0.4 is 16.6 Å². The molecule has 144 valence electrons. The topological polar surface area (TPSA) is 127 Å². The Morgan fingerprint density at radius 3 is 2.52 bits per heavy atom. The SMILES string of the molecule is CCOC(=O)[C@@H](CC)Sc1nc(N)c(NC(=O)c2ccc(C)cc2)c(=O)[nH]1. The minimum Gasteiger partial charge on any atom is -0.465 e. The number of aryl methyl sites for hydroxylation is 1. The first-order valence-electron chi connectivity index (χ1n) is 8.46. The molecule has 0 bridgehead atoms. The molecule has 2 aromatic rings. The molecule has 1 amide bonds. The number of nitrogen functional groups attached to an aromatic ring is 1. The van der Waals surface area contributed by atoms with Crippen molar-refractivity contribution in [2.75, 3.05) is 17.7 Å². The summed E-state index contributed by atoms with van der Waals surface area (Å²) in [6, 6.07) is 6.89. The standard InChI is InChI=1S/C18H22N4O4S/c1-4-12(17(25)26-5-2)27-18-21-14(19)13(16(24)22-18)20-15(23)11-8-6-10(3)7-9-11/h6-9,12H,4-5H2,1-3H3,(H,20,23)(H3,19,21,22,24)/t12-/m1/s1. The van der Waals surface area contributed by atoms with Crippen LogP contribution in [0, 0.1) is 6.92 Å². The number of ether oxygens (including phenoxy) is 1. The van der Waals surface area contributed by atoms with E-state index in [4.69, 9.17) is 10.5 Å². The summed E-state index contributed by atoms with van der Waals surface area (Å²) in [6.45, 7) is 5.72. The number of anilines is 2. The Labute approximate surface area is 160 Å². The van der Waals surface area contributed by atoms with Gasteiger partial charge in [-0.25, -0.2) is 4.98 Å². The first-order chi connectivity index (χ1) is 12.8. The molecule has 1 atom stereocenters. The van der Waals surface area contributed by atoms with Crippen LogP contribution in [0.1, 0.15) is 36.2 Å². The van der Waals surface area contributed by atoms with E-state index in [-0.39, 0.29) is 29.2 Å². The molecule has 8 nitrogen and oxygen atoms in total. The lowest BCUT2D eigenvalue weighted by atomic mass is 10.1. The van der Waals surface area contributed by atoms with E-state index in [0.29, 0.717) is 12.0 Å². The summed E-state index contributed by atoms with van der Waals surface area (Å²) in [4.78, 5) is 43.1. The van der Waals surface area contributed by atoms with E-state index in [1.807, 2.05) is 13.8 Å². The fraction of sp³-hybridized carbons (Fsp3) is 0.333. The van der Waals surface area contributed by atoms with E-state index < -0.39 is 16.7 Å². The normalized spacial score (nSPS) is 11.7. The van der Waals surface area contributed by atoms with Gasteiger partial charge >= 0.3 is 5.97 Å². The van der Waals surface area contributed by atoms with Crippen LogP contribution in [0.25, 0.3) is 0 Å². The maximum atomic E-state index is 12.3. The molecule has 1 heterocycles. The molecule has 0 spiro atoms. The highest BCUT2D eigenvalue weighted by molar-refractivity contribution is 8.00. The number of H-pyrrole nitrogens is 1. The van der Waals surface area contributed by atoms with Gasteiger partial charge in [0.15, 0.2) is 11.0 Å². The van der Waals surface area contributed by atoms with Crippen molar-refractivity contribution in [1.29, 1.82) is 0 Å². The average Bonchev–Trinajstić information content (AvgIpc) is 2.63. The highest BCUT2D eigenvalue weighted by atomic mass is 32.2. The molecular formula is C18H22N4O4S. The van der Waals surface area contributed by atoms with Crippen LogP contribution in [-0.2, 0) is 9.53 Å². The third-order valence-corrected chi connectivity index (χ3v) is 4.88. The molecule has 1 aromatic carbocycles. The lowest BCUT2D eigenvalue weighted by Crippen LogP contribution is -2.24. The van der Waals surface area contributed by atoms with E-state index in [1.165, 1.54) is 0 Å². The van der Waals surface area contributed by atoms with Crippen LogP contribution in [0.4, 0.5) is 11.5 Å². The second kappa shape index (κ2) is 9.22. The molecule has 0 radical (unpaired) electrons. The van der Waals surface area contributed by atoms with Gasteiger partial charge < -0.3 is 15.8 Å². The van der Waals surface area contributed by atoms with Gasteiger partial charge in [-0.1, -0.05) is 36.4 Å². The Morgan fingerprint density at radius 1 is 1.30 bits per heavy atom. The summed E-state index contributed by atoms with van der Waals surface area (Å²) in [7, 11) is 0. The van der Waals surface area contributed by atoms with Crippen LogP contribution >= 0.6 is 11.8 Å². The maximum Gasteiger partial charge on any atom is 0.319 e. The van der Waals surface area contributed by atoms with Gasteiger partial charge in [-0.15, -0.1) is 0 Å². The number of nitrogens with two attached hydrogens (primary N) is 1. The Kier molecular flexibility index (Phi) is 7.00. The number of benzene rings is 1. The summed E-state index contributed by atoms with van der Waals surface area (Å²) < 4.78 is 4.99. The van der Waals surface area contributed by atoms with Crippen molar-refractivity contribution in [2.24, 2.45) is 0 Å². The average molecular weight is 390 g/mol. The zero-order valence-corrected chi connectivity index (χ0v) is 16.2. The molecule has 0 saturated carbocycles. The summed E-state index contributed by atoms with van der Waals surface area (Å²) in [6.07, 6.45) is 0.499. The highest BCUT2D eigenvalue weighted by Gasteiger charge is 2.22. The minimum absolute atomic E-state index is 0.125. The van der Waals surface area contributed by atoms with Gasteiger partial charge in [-0.3, -0.25) is 19.4 Å². The fourth-order valence-electron chi connectivity index (χ4n) is 2.20. The number of aromatic amines is 1. The number of carbonyl (C=O) groups is 2. The van der Waals surface area contributed by atoms with Crippen molar-refractivity contribution >= 4 is 35.1 Å². The molecule has 27 heavy (non-hydrogen) atoms. The van der Waals surface area contributed by atoms with Gasteiger partial charge in [0.25, 0.3) is 11.5 Å². The second-order valence-electron chi connectivity index (χ2n) is 5.72. The summed E-state index contributed by atoms with van der Waals surface area (Å²) in [5.41, 5.74) is 6.53. The molecule has 4 N–H and O–H groups in total. The highest BCUT2D eigenvalue weighted by Crippen LogP contribution is 2.24. The van der Waals surface area contributed by atoms with Crippen LogP contribution in [0.5, 0.6) is 0 Å². The molecule has 1 aromatic heterocycles. The second-order valence-corrected chi connectivity index (χ2v) is 6.91. The van der Waals surface area contributed by atoms with Gasteiger partial charge in [0.1, 0.15) is 10.9 Å². The summed E-state index contributed by atoms with van der Waals surface area (Å²) in [5, 5.41) is 2.15. The largest absolute Gasteiger partial charge is 0.465 e. The summed E-state index contributed by atoms with van der Waals surface area (Å²) >= 11 is 1.06. The minimum atomic E-state index is -0.593. The van der Waals surface area contributed by atoms with Crippen molar-refractivity contribution in [2.45, 2.75) is 37.6 Å². The molecule has 0 aliphatic heterocycles. The number of amides is 1. The van der Waals surface area contributed by atoms with Crippen molar-refractivity contribution in [1.82, 2.24) is 9.97 Å². The fourth-order valence-corrected chi connectivity index (χ4v) is 3.11. The molecule has 0 saturated heterocycles. The van der Waals surface area contributed by atoms with Gasteiger partial charge in [-0.05, 0) is 32.4 Å². The van der Waals surface area contributed by atoms with Crippen LogP contribution in [-0.4, -0.2) is 33.7 Å². The van der Waals surface area contributed by atoms with Crippen molar-refractivity contribution < 1.29 is 14.3 Å². The number of hydrogen-bond donors (Lipinski definition) is 3. The maximum absolute atomic E-state index is 12.3. The van der Waals surface area contributed by atoms with E-state index in [1.54, 1.807) is 31.2 Å². The first kappa shape index (κ1) is 20.5. The molecule has 0 aliphatic rings. The quantitative estimate of drug-likeness (QED) is 0.376. The monoisotopic (exact) mass is 390 g/mol. The first-order valence-corrected chi connectivity index (χ1v) is 9.34. The Morgan fingerprint density at radius 2 is 1.96 bits per heavy atom. The molecule has 0 aliphatic carbocycles. The number of nitrogens with one attached hydrogen (secondary N) is 2. The van der Waals surface area contributed by atoms with Crippen LogP contribution in [0.3, 0.4) is 0 Å². The van der Waals surface area contributed by atoms with Crippen LogP contribution in [0.15, 0.2) is 34.2 Å². The lowest BCUT2D eigenvalue weighted by molar-refractivity contribution is -0.142. The van der Waals surface area contributed by atoms with Crippen molar-refractivity contribution in [3.63, 3.8) is 0 Å². The van der Waals surface area contributed by atoms with E-state index in [0.717, 1.165) is 17.3 Å². The van der Waals surface area contributed by atoms with Crippen LogP contribution in [0.2, 0.25) is 0 Å². The number of nitrogens with zero attached hydrogens (tertiary/aromatic N) is 1. The lowest BCUT2D eigenvalue weighted by Gasteiger charge is -2.13. The van der Waals surface area contributed by atoms with Gasteiger partial charge in [0.05, 0.1) is 6.61 Å². The molecule has 9 heteroatoms. The summed E-state index contributed by atoms with van der Waals surface area (Å²) in [5.74, 6) is -0.976. The number of rotatable bonds is 7. The number of aromatic nitrogens is 2. The number of hydrogen-bond acceptors (Lipinski definition) is 7. The number of esters is 1. The predicted octanol–water partition coefficient (Wildman–Crippen LogP) is 2.35. The van der Waals surface area contributed by atoms with Gasteiger partial charge in [0.2, 0.25) is 0 Å². The van der Waals surface area contributed by atoms with Gasteiger partial charge in [0, 0.05) is 5.56 Å². The predicted molar refractivity (Wildman–Crippen MR) is 105 cm³/mol. The molecular weight excluding hydrogens is 368 g/mol. The Hall–Kier alpha value is -2.81. The zero-order chi connectivity index (χ0) is 20.0. The zero-order valence-electron chi connectivity index (χ0n) is 15.4. The van der Waals surface area contributed by atoms with E-state index in [2.05, 4.69) is 15.3 Å². The molecule has 0 unspecified atom stereocenters. The van der Waals surface area contributed by atoms with Crippen molar-refractivity contribution in [3.05, 3.63) is 45.7 Å².